The van der Waals surface area contributed by atoms with Gasteiger partial charge in [0.25, 0.3) is 0 Å². The fraction of sp³-hybridized carbons (Fsp3) is 0.0909. The molecule has 0 saturated heterocycles. The molecule has 2 rings (SSSR count). The Balaban J connectivity index is 2.84. The van der Waals surface area contributed by atoms with Crippen molar-refractivity contribution in [1.82, 2.24) is 4.98 Å². The van der Waals surface area contributed by atoms with E-state index in [1.807, 2.05) is 18.2 Å². The van der Waals surface area contributed by atoms with Gasteiger partial charge >= 0.3 is 0 Å². The number of nitrogen functional groups attached to an aromatic ring is 1. The minimum absolute atomic E-state index is 0.00806. The van der Waals surface area contributed by atoms with Gasteiger partial charge in [0.1, 0.15) is 5.82 Å². The van der Waals surface area contributed by atoms with Crippen molar-refractivity contribution < 1.29 is 4.79 Å². The molecule has 0 bridgehead atoms. The average Bonchev–Trinajstić information content (AvgIpc) is 2.16. The summed E-state index contributed by atoms with van der Waals surface area (Å²) in [4.78, 5) is 15.4. The lowest BCUT2D eigenvalue weighted by molar-refractivity contribution is 0.101. The first kappa shape index (κ1) is 8.69. The number of nitrogens with two attached hydrogens (primary N) is 1. The minimum Gasteiger partial charge on any atom is -0.384 e. The number of carbonyl (C=O) groups excluding carboxylic acids is 1. The number of carbonyl (C=O) groups is 1. The number of hydrogen-bond acceptors (Lipinski definition) is 3. The molecule has 14 heavy (non-hydrogen) atoms. The van der Waals surface area contributed by atoms with Crippen LogP contribution in [0.5, 0.6) is 0 Å². The second-order valence-corrected chi connectivity index (χ2v) is 3.17. The van der Waals surface area contributed by atoms with Gasteiger partial charge in [-0.3, -0.25) is 4.79 Å². The van der Waals surface area contributed by atoms with Crippen molar-refractivity contribution >= 4 is 22.5 Å². The van der Waals surface area contributed by atoms with Crippen molar-refractivity contribution in [3.05, 3.63) is 35.9 Å². The SMILES string of the molecule is CC(=O)c1cccc2ccc(N)nc12. The van der Waals surface area contributed by atoms with Crippen molar-refractivity contribution in [2.45, 2.75) is 6.92 Å². The Morgan fingerprint density at radius 3 is 2.79 bits per heavy atom. The molecular formula is C11H10N2O. The molecule has 0 amide bonds. The zero-order valence-electron chi connectivity index (χ0n) is 7.82. The molecule has 3 heteroatoms. The summed E-state index contributed by atoms with van der Waals surface area (Å²) in [5.74, 6) is 0.444. The van der Waals surface area contributed by atoms with Gasteiger partial charge in [0.05, 0.1) is 5.52 Å². The summed E-state index contributed by atoms with van der Waals surface area (Å²) in [7, 11) is 0. The van der Waals surface area contributed by atoms with E-state index in [1.165, 1.54) is 6.92 Å². The molecule has 0 spiro atoms. The Morgan fingerprint density at radius 2 is 2.07 bits per heavy atom. The molecular weight excluding hydrogens is 176 g/mol. The summed E-state index contributed by atoms with van der Waals surface area (Å²) >= 11 is 0. The lowest BCUT2D eigenvalue weighted by Crippen LogP contribution is -1.97. The summed E-state index contributed by atoms with van der Waals surface area (Å²) in [6, 6.07) is 9.11. The highest BCUT2D eigenvalue weighted by Crippen LogP contribution is 2.18. The molecule has 0 fully saturated rings. The van der Waals surface area contributed by atoms with E-state index in [-0.39, 0.29) is 5.78 Å². The number of rotatable bonds is 1. The average molecular weight is 186 g/mol. The van der Waals surface area contributed by atoms with Crippen LogP contribution in [-0.4, -0.2) is 10.8 Å². The fourth-order valence-corrected chi connectivity index (χ4v) is 1.45. The van der Waals surface area contributed by atoms with Gasteiger partial charge in [-0.15, -0.1) is 0 Å². The molecule has 1 heterocycles. The van der Waals surface area contributed by atoms with Crippen LogP contribution in [0.15, 0.2) is 30.3 Å². The van der Waals surface area contributed by atoms with Gasteiger partial charge < -0.3 is 5.73 Å². The van der Waals surface area contributed by atoms with Crippen molar-refractivity contribution in [3.63, 3.8) is 0 Å². The van der Waals surface area contributed by atoms with Crippen molar-refractivity contribution in [2.75, 3.05) is 5.73 Å². The number of anilines is 1. The van der Waals surface area contributed by atoms with Crippen LogP contribution in [0.2, 0.25) is 0 Å². The summed E-state index contributed by atoms with van der Waals surface area (Å²) in [6.45, 7) is 1.53. The quantitative estimate of drug-likeness (QED) is 0.693. The largest absolute Gasteiger partial charge is 0.384 e. The van der Waals surface area contributed by atoms with Crippen molar-refractivity contribution in [1.29, 1.82) is 0 Å². The maximum absolute atomic E-state index is 11.3. The van der Waals surface area contributed by atoms with Crippen LogP contribution in [0.3, 0.4) is 0 Å². The first-order valence-corrected chi connectivity index (χ1v) is 4.34. The third-order valence-corrected chi connectivity index (χ3v) is 2.12. The highest BCUT2D eigenvalue weighted by atomic mass is 16.1. The number of ketones is 1. The first-order valence-electron chi connectivity index (χ1n) is 4.34. The van der Waals surface area contributed by atoms with Crippen LogP contribution in [0, 0.1) is 0 Å². The molecule has 2 aromatic rings. The Labute approximate surface area is 81.6 Å². The zero-order chi connectivity index (χ0) is 10.1. The van der Waals surface area contributed by atoms with Crippen LogP contribution >= 0.6 is 0 Å². The summed E-state index contributed by atoms with van der Waals surface area (Å²) in [5.41, 5.74) is 6.87. The molecule has 0 saturated carbocycles. The van der Waals surface area contributed by atoms with E-state index < -0.39 is 0 Å². The Hall–Kier alpha value is -1.90. The topological polar surface area (TPSA) is 56.0 Å². The molecule has 0 unspecified atom stereocenters. The number of fused-ring (bicyclic) bond motifs is 1. The van der Waals surface area contributed by atoms with E-state index in [0.29, 0.717) is 16.9 Å². The van der Waals surface area contributed by atoms with Crippen LogP contribution in [0.25, 0.3) is 10.9 Å². The number of Topliss-reactive ketones (excluding diaryl/α,β-unsaturated/α-hetero) is 1. The molecule has 0 aliphatic rings. The first-order chi connectivity index (χ1) is 6.68. The molecule has 1 aromatic heterocycles. The van der Waals surface area contributed by atoms with Gasteiger partial charge in [-0.1, -0.05) is 12.1 Å². The molecule has 2 N–H and O–H groups in total. The second-order valence-electron chi connectivity index (χ2n) is 3.17. The highest BCUT2D eigenvalue weighted by molar-refractivity contribution is 6.05. The van der Waals surface area contributed by atoms with Gasteiger partial charge in [-0.25, -0.2) is 4.98 Å². The molecule has 0 aliphatic heterocycles. The van der Waals surface area contributed by atoms with Crippen LogP contribution in [0.4, 0.5) is 5.82 Å². The molecule has 3 nitrogen and oxygen atoms in total. The minimum atomic E-state index is 0.00806. The van der Waals surface area contributed by atoms with Gasteiger partial charge in [0, 0.05) is 10.9 Å². The molecule has 0 aliphatic carbocycles. The van der Waals surface area contributed by atoms with E-state index in [2.05, 4.69) is 4.98 Å². The third-order valence-electron chi connectivity index (χ3n) is 2.12. The van der Waals surface area contributed by atoms with E-state index in [4.69, 9.17) is 5.73 Å². The summed E-state index contributed by atoms with van der Waals surface area (Å²) in [5, 5.41) is 0.937. The van der Waals surface area contributed by atoms with Gasteiger partial charge in [-0.05, 0) is 25.1 Å². The smallest absolute Gasteiger partial charge is 0.161 e. The number of benzene rings is 1. The van der Waals surface area contributed by atoms with Crippen molar-refractivity contribution in [2.24, 2.45) is 0 Å². The standard InChI is InChI=1S/C11H10N2O/c1-7(14)9-4-2-3-8-5-6-10(12)13-11(8)9/h2-6H,1H3,(H2,12,13). The summed E-state index contributed by atoms with van der Waals surface area (Å²) < 4.78 is 0. The fourth-order valence-electron chi connectivity index (χ4n) is 1.45. The number of aromatic nitrogens is 1. The molecule has 1 aromatic carbocycles. The maximum atomic E-state index is 11.3. The van der Waals surface area contributed by atoms with E-state index in [1.54, 1.807) is 12.1 Å². The Morgan fingerprint density at radius 1 is 1.29 bits per heavy atom. The molecule has 0 atom stereocenters. The van der Waals surface area contributed by atoms with Gasteiger partial charge in [0.2, 0.25) is 0 Å². The monoisotopic (exact) mass is 186 g/mol. The van der Waals surface area contributed by atoms with Gasteiger partial charge in [-0.2, -0.15) is 0 Å². The maximum Gasteiger partial charge on any atom is 0.161 e. The van der Waals surface area contributed by atoms with Crippen LogP contribution in [-0.2, 0) is 0 Å². The lowest BCUT2D eigenvalue weighted by atomic mass is 10.1. The van der Waals surface area contributed by atoms with E-state index in [9.17, 15) is 4.79 Å². The Kier molecular flexibility index (Phi) is 1.93. The van der Waals surface area contributed by atoms with E-state index >= 15 is 0 Å². The molecule has 0 radical (unpaired) electrons. The summed E-state index contributed by atoms with van der Waals surface area (Å²) in [6.07, 6.45) is 0. The van der Waals surface area contributed by atoms with Crippen molar-refractivity contribution in [3.8, 4) is 0 Å². The van der Waals surface area contributed by atoms with Gasteiger partial charge in [0.15, 0.2) is 5.78 Å². The molecule has 70 valence electrons. The number of pyridine rings is 1. The number of para-hydroxylation sites is 1. The number of nitrogens with zero attached hydrogens (tertiary/aromatic N) is 1. The highest BCUT2D eigenvalue weighted by Gasteiger charge is 2.06. The normalized spacial score (nSPS) is 10.4. The second kappa shape index (κ2) is 3.10. The number of hydrogen-bond donors (Lipinski definition) is 1. The third kappa shape index (κ3) is 1.33. The van der Waals surface area contributed by atoms with E-state index in [0.717, 1.165) is 5.39 Å². The lowest BCUT2D eigenvalue weighted by Gasteiger charge is -2.02. The Bertz CT molecular complexity index is 506. The zero-order valence-corrected chi connectivity index (χ0v) is 7.82. The van der Waals surface area contributed by atoms with Crippen LogP contribution < -0.4 is 5.73 Å². The van der Waals surface area contributed by atoms with Crippen LogP contribution in [0.1, 0.15) is 17.3 Å². The predicted octanol–water partition coefficient (Wildman–Crippen LogP) is 2.02. The predicted molar refractivity (Wildman–Crippen MR) is 56.2 cm³/mol.